The van der Waals surface area contributed by atoms with E-state index in [4.69, 9.17) is 10.5 Å². The zero-order chi connectivity index (χ0) is 20.5. The van der Waals surface area contributed by atoms with Gasteiger partial charge in [0, 0.05) is 23.0 Å². The molecule has 0 bridgehead atoms. The average Bonchev–Trinajstić information content (AvgIpc) is 3.06. The lowest BCUT2D eigenvalue weighted by Gasteiger charge is -2.17. The van der Waals surface area contributed by atoms with Crippen molar-refractivity contribution in [3.8, 4) is 11.1 Å². The minimum absolute atomic E-state index is 0.0345. The molecule has 29 heavy (non-hydrogen) atoms. The number of hydrogen-bond donors (Lipinski definition) is 3. The maximum Gasteiger partial charge on any atom is 0.411 e. The Labute approximate surface area is 176 Å². The van der Waals surface area contributed by atoms with Crippen molar-refractivity contribution in [2.75, 3.05) is 11.9 Å². The van der Waals surface area contributed by atoms with Crippen molar-refractivity contribution in [3.63, 3.8) is 0 Å². The molecule has 0 heterocycles. The Morgan fingerprint density at radius 2 is 1.62 bits per heavy atom. The van der Waals surface area contributed by atoms with Gasteiger partial charge in [-0.1, -0.05) is 48.5 Å². The molecule has 5 heteroatoms. The summed E-state index contributed by atoms with van der Waals surface area (Å²) in [7, 11) is 0. The molecular formula is C24H24N2O2S. The van der Waals surface area contributed by atoms with E-state index in [0.717, 1.165) is 21.6 Å². The van der Waals surface area contributed by atoms with Gasteiger partial charge in [-0.05, 0) is 58.9 Å². The van der Waals surface area contributed by atoms with Crippen molar-refractivity contribution in [2.45, 2.75) is 31.2 Å². The number of anilines is 1. The van der Waals surface area contributed by atoms with Gasteiger partial charge < -0.3 is 10.5 Å². The van der Waals surface area contributed by atoms with E-state index < -0.39 is 6.09 Å². The number of ether oxygens (including phenoxy) is 1. The van der Waals surface area contributed by atoms with Crippen molar-refractivity contribution >= 4 is 24.4 Å². The van der Waals surface area contributed by atoms with Crippen LogP contribution in [0, 0.1) is 13.8 Å². The van der Waals surface area contributed by atoms with Gasteiger partial charge >= 0.3 is 6.09 Å². The van der Waals surface area contributed by atoms with E-state index in [0.29, 0.717) is 12.2 Å². The molecule has 0 fully saturated rings. The van der Waals surface area contributed by atoms with Gasteiger partial charge in [0.15, 0.2) is 0 Å². The number of rotatable bonds is 4. The molecule has 4 rings (SSSR count). The summed E-state index contributed by atoms with van der Waals surface area (Å²) in [6.07, 6.45) is -0.477. The first-order chi connectivity index (χ1) is 14.0. The molecular weight excluding hydrogens is 380 g/mol. The van der Waals surface area contributed by atoms with Gasteiger partial charge in [-0.25, -0.2) is 4.79 Å². The van der Waals surface area contributed by atoms with Crippen LogP contribution in [-0.4, -0.2) is 12.7 Å². The van der Waals surface area contributed by atoms with Crippen LogP contribution in [0.25, 0.3) is 11.1 Å². The minimum atomic E-state index is -0.477. The molecule has 3 aromatic carbocycles. The van der Waals surface area contributed by atoms with Crippen LogP contribution in [0.4, 0.5) is 10.5 Å². The molecule has 3 aromatic rings. The van der Waals surface area contributed by atoms with E-state index in [1.165, 1.54) is 22.3 Å². The third kappa shape index (κ3) is 3.52. The Morgan fingerprint density at radius 3 is 2.21 bits per heavy atom. The number of nitrogens with two attached hydrogens (primary N) is 1. The van der Waals surface area contributed by atoms with Crippen LogP contribution >= 0.6 is 12.6 Å². The van der Waals surface area contributed by atoms with Gasteiger partial charge in [0.2, 0.25) is 0 Å². The van der Waals surface area contributed by atoms with Gasteiger partial charge in [-0.3, -0.25) is 5.32 Å². The van der Waals surface area contributed by atoms with Crippen molar-refractivity contribution in [2.24, 2.45) is 5.73 Å². The SMILES string of the molecule is Cc1c(CN)cc(NC(=O)OCC2c3ccccc3-c3ccccc32)c(C)c1S. The highest BCUT2D eigenvalue weighted by atomic mass is 32.1. The van der Waals surface area contributed by atoms with Crippen molar-refractivity contribution in [3.05, 3.63) is 82.4 Å². The normalized spacial score (nSPS) is 12.4. The summed E-state index contributed by atoms with van der Waals surface area (Å²) >= 11 is 4.57. The summed E-state index contributed by atoms with van der Waals surface area (Å²) < 4.78 is 5.64. The standard InChI is InChI=1S/C24H24N2O2S/c1-14-16(12-25)11-22(15(2)23(14)29)26-24(27)28-13-21-19-9-5-3-7-17(19)18-8-4-6-10-20(18)21/h3-11,21,29H,12-13,25H2,1-2H3,(H,26,27). The second-order valence-electron chi connectivity index (χ2n) is 7.34. The Kier molecular flexibility index (Phi) is 5.35. The zero-order valence-corrected chi connectivity index (χ0v) is 17.4. The van der Waals surface area contributed by atoms with E-state index >= 15 is 0 Å². The maximum atomic E-state index is 12.6. The first-order valence-corrected chi connectivity index (χ1v) is 10.1. The predicted octanol–water partition coefficient (Wildman–Crippen LogP) is 5.41. The van der Waals surface area contributed by atoms with Crippen LogP contribution in [0.15, 0.2) is 59.5 Å². The minimum Gasteiger partial charge on any atom is -0.448 e. The average molecular weight is 405 g/mol. The molecule has 4 nitrogen and oxygen atoms in total. The van der Waals surface area contributed by atoms with Crippen LogP contribution in [0.3, 0.4) is 0 Å². The zero-order valence-electron chi connectivity index (χ0n) is 16.5. The number of benzene rings is 3. The molecule has 1 aliphatic rings. The highest BCUT2D eigenvalue weighted by Crippen LogP contribution is 2.44. The number of amides is 1. The van der Waals surface area contributed by atoms with E-state index in [1.54, 1.807) is 0 Å². The first-order valence-electron chi connectivity index (χ1n) is 9.65. The fraction of sp³-hybridized carbons (Fsp3) is 0.208. The lowest BCUT2D eigenvalue weighted by molar-refractivity contribution is 0.158. The number of fused-ring (bicyclic) bond motifs is 3. The van der Waals surface area contributed by atoms with E-state index in [2.05, 4.69) is 42.2 Å². The molecule has 0 unspecified atom stereocenters. The summed E-state index contributed by atoms with van der Waals surface area (Å²) in [5, 5.41) is 2.86. The molecule has 0 spiro atoms. The van der Waals surface area contributed by atoms with E-state index in [1.807, 2.05) is 44.2 Å². The summed E-state index contributed by atoms with van der Waals surface area (Å²) in [6, 6.07) is 18.5. The summed E-state index contributed by atoms with van der Waals surface area (Å²) in [4.78, 5) is 13.4. The molecule has 1 aliphatic carbocycles. The quantitative estimate of drug-likeness (QED) is 0.509. The largest absolute Gasteiger partial charge is 0.448 e. The Balaban J connectivity index is 1.52. The molecule has 148 valence electrons. The van der Waals surface area contributed by atoms with Gasteiger partial charge in [0.25, 0.3) is 0 Å². The summed E-state index contributed by atoms with van der Waals surface area (Å²) in [5.41, 5.74) is 14.2. The lowest BCUT2D eigenvalue weighted by atomic mass is 9.98. The smallest absolute Gasteiger partial charge is 0.411 e. The number of hydrogen-bond acceptors (Lipinski definition) is 4. The Morgan fingerprint density at radius 1 is 1.03 bits per heavy atom. The maximum absolute atomic E-state index is 12.6. The molecule has 1 amide bonds. The van der Waals surface area contributed by atoms with Crippen molar-refractivity contribution in [1.29, 1.82) is 0 Å². The third-order valence-electron chi connectivity index (χ3n) is 5.71. The van der Waals surface area contributed by atoms with Crippen LogP contribution in [-0.2, 0) is 11.3 Å². The monoisotopic (exact) mass is 404 g/mol. The Bertz CT molecular complexity index is 1050. The first kappa shape index (κ1) is 19.6. The summed E-state index contributed by atoms with van der Waals surface area (Å²) in [5.74, 6) is 0.0345. The van der Waals surface area contributed by atoms with Crippen LogP contribution in [0.2, 0.25) is 0 Å². The molecule has 0 saturated heterocycles. The van der Waals surface area contributed by atoms with E-state index in [9.17, 15) is 4.79 Å². The predicted molar refractivity (Wildman–Crippen MR) is 120 cm³/mol. The van der Waals surface area contributed by atoms with E-state index in [-0.39, 0.29) is 12.5 Å². The topological polar surface area (TPSA) is 64.3 Å². The molecule has 0 radical (unpaired) electrons. The molecule has 0 saturated carbocycles. The second-order valence-corrected chi connectivity index (χ2v) is 7.78. The molecule has 0 aliphatic heterocycles. The molecule has 0 aromatic heterocycles. The number of carbonyl (C=O) groups is 1. The van der Waals surface area contributed by atoms with Gasteiger partial charge in [-0.15, -0.1) is 12.6 Å². The lowest BCUT2D eigenvalue weighted by Crippen LogP contribution is -2.19. The number of nitrogens with one attached hydrogen (secondary N) is 1. The van der Waals surface area contributed by atoms with Crippen molar-refractivity contribution < 1.29 is 9.53 Å². The molecule has 3 N–H and O–H groups in total. The molecule has 0 atom stereocenters. The fourth-order valence-electron chi connectivity index (χ4n) is 4.04. The van der Waals surface area contributed by atoms with Crippen LogP contribution in [0.5, 0.6) is 0 Å². The number of carbonyl (C=O) groups excluding carboxylic acids is 1. The Hall–Kier alpha value is -2.76. The highest BCUT2D eigenvalue weighted by molar-refractivity contribution is 7.80. The third-order valence-corrected chi connectivity index (χ3v) is 6.39. The van der Waals surface area contributed by atoms with Crippen LogP contribution < -0.4 is 11.1 Å². The fourth-order valence-corrected chi connectivity index (χ4v) is 4.30. The van der Waals surface area contributed by atoms with Gasteiger partial charge in [0.1, 0.15) is 6.61 Å². The van der Waals surface area contributed by atoms with Crippen molar-refractivity contribution in [1.82, 2.24) is 0 Å². The van der Waals surface area contributed by atoms with Gasteiger partial charge in [0.05, 0.1) is 0 Å². The number of thiol groups is 1. The van der Waals surface area contributed by atoms with Gasteiger partial charge in [-0.2, -0.15) is 0 Å². The summed E-state index contributed by atoms with van der Waals surface area (Å²) in [6.45, 7) is 4.57. The highest BCUT2D eigenvalue weighted by Gasteiger charge is 2.29. The van der Waals surface area contributed by atoms with Crippen LogP contribution in [0.1, 0.15) is 33.7 Å². The second kappa shape index (κ2) is 7.93.